The van der Waals surface area contributed by atoms with Crippen molar-refractivity contribution >= 4 is 11.6 Å². The highest BCUT2D eigenvalue weighted by Crippen LogP contribution is 2.29. The Hall–Kier alpha value is -0.610. The molecule has 2 unspecified atom stereocenters. The molecule has 1 aromatic rings. The van der Waals surface area contributed by atoms with Gasteiger partial charge in [0.05, 0.1) is 6.17 Å². The Bertz CT molecular complexity index is 329. The Balaban J connectivity index is 2.26. The number of nitrogens with one attached hydrogen (secondary N) is 1. The first kappa shape index (κ1) is 10.9. The number of nitrogens with zero attached hydrogens (tertiary/aromatic N) is 1. The van der Waals surface area contributed by atoms with Crippen molar-refractivity contribution in [2.24, 2.45) is 0 Å². The molecule has 1 heterocycles. The van der Waals surface area contributed by atoms with Gasteiger partial charge in [-0.05, 0) is 12.5 Å². The van der Waals surface area contributed by atoms with Crippen LogP contribution in [0.25, 0.3) is 0 Å². The molecule has 2 atom stereocenters. The van der Waals surface area contributed by atoms with E-state index in [1.165, 1.54) is 0 Å². The molecular formula is C11H14ClN2O-. The molecule has 0 bridgehead atoms. The molecule has 0 amide bonds. The minimum atomic E-state index is -1.66. The smallest absolute Gasteiger partial charge is 0.0575 e. The lowest BCUT2D eigenvalue weighted by atomic mass is 10.1. The summed E-state index contributed by atoms with van der Waals surface area (Å²) < 4.78 is 0. The maximum absolute atomic E-state index is 12.4. The lowest BCUT2D eigenvalue weighted by molar-refractivity contribution is -0.494. The van der Waals surface area contributed by atoms with Crippen molar-refractivity contribution in [1.82, 2.24) is 10.2 Å². The van der Waals surface area contributed by atoms with E-state index in [2.05, 4.69) is 5.32 Å². The molecule has 15 heavy (non-hydrogen) atoms. The minimum absolute atomic E-state index is 0.0280. The number of benzene rings is 1. The van der Waals surface area contributed by atoms with E-state index in [0.717, 1.165) is 6.54 Å². The molecular weight excluding hydrogens is 212 g/mol. The van der Waals surface area contributed by atoms with Crippen molar-refractivity contribution in [2.45, 2.75) is 18.3 Å². The summed E-state index contributed by atoms with van der Waals surface area (Å²) in [5, 5.41) is 13.9. The molecule has 1 aromatic carbocycles. The summed E-state index contributed by atoms with van der Waals surface area (Å²) in [5.74, 6) is 0. The second-order valence-electron chi connectivity index (χ2n) is 3.75. The minimum Gasteiger partial charge on any atom is -0.822 e. The molecule has 0 aliphatic carbocycles. The van der Waals surface area contributed by atoms with Gasteiger partial charge in [-0.2, -0.15) is 0 Å². The van der Waals surface area contributed by atoms with Crippen LogP contribution >= 0.6 is 11.6 Å². The Morgan fingerprint density at radius 3 is 2.67 bits per heavy atom. The Morgan fingerprint density at radius 2 is 2.13 bits per heavy atom. The molecule has 1 N–H and O–H groups in total. The van der Waals surface area contributed by atoms with E-state index in [9.17, 15) is 5.11 Å². The van der Waals surface area contributed by atoms with Gasteiger partial charge in [-0.3, -0.25) is 4.90 Å². The number of hydrogen-bond acceptors (Lipinski definition) is 3. The third-order valence-corrected chi connectivity index (χ3v) is 3.19. The summed E-state index contributed by atoms with van der Waals surface area (Å²) >= 11 is 6.09. The second kappa shape index (κ2) is 4.10. The standard InChI is InChI=1S/C11H14ClN2O/c1-9-13-7-8-14(9)11(12,15)10-5-3-2-4-6-10/h2-6,9,13H,7-8H2,1H3/q-1. The number of halogens is 1. The fourth-order valence-corrected chi connectivity index (χ4v) is 2.26. The van der Waals surface area contributed by atoms with Gasteiger partial charge >= 0.3 is 0 Å². The van der Waals surface area contributed by atoms with Crippen molar-refractivity contribution in [3.8, 4) is 0 Å². The van der Waals surface area contributed by atoms with E-state index in [1.807, 2.05) is 25.1 Å². The monoisotopic (exact) mass is 225 g/mol. The number of hydrogen-bond donors (Lipinski definition) is 1. The van der Waals surface area contributed by atoms with E-state index in [4.69, 9.17) is 11.6 Å². The molecule has 2 rings (SSSR count). The Morgan fingerprint density at radius 1 is 1.47 bits per heavy atom. The van der Waals surface area contributed by atoms with E-state index in [1.54, 1.807) is 17.0 Å². The van der Waals surface area contributed by atoms with Gasteiger partial charge in [-0.1, -0.05) is 30.3 Å². The summed E-state index contributed by atoms with van der Waals surface area (Å²) in [4.78, 5) is 1.73. The normalized spacial score (nSPS) is 26.5. The maximum atomic E-state index is 12.4. The van der Waals surface area contributed by atoms with Crippen LogP contribution in [0, 0.1) is 0 Å². The highest BCUT2D eigenvalue weighted by Gasteiger charge is 2.31. The first-order valence-corrected chi connectivity index (χ1v) is 5.45. The molecule has 1 aliphatic heterocycles. The van der Waals surface area contributed by atoms with Crippen molar-refractivity contribution in [2.75, 3.05) is 13.1 Å². The molecule has 1 fully saturated rings. The molecule has 4 heteroatoms. The van der Waals surface area contributed by atoms with Crippen LogP contribution in [0.2, 0.25) is 0 Å². The largest absolute Gasteiger partial charge is 0.822 e. The third-order valence-electron chi connectivity index (χ3n) is 2.76. The lowest BCUT2D eigenvalue weighted by Gasteiger charge is -2.44. The zero-order chi connectivity index (χ0) is 10.9. The average molecular weight is 226 g/mol. The van der Waals surface area contributed by atoms with Gasteiger partial charge in [0, 0.05) is 18.3 Å². The second-order valence-corrected chi connectivity index (χ2v) is 4.26. The fraction of sp³-hybridized carbons (Fsp3) is 0.455. The zero-order valence-corrected chi connectivity index (χ0v) is 9.37. The van der Waals surface area contributed by atoms with Gasteiger partial charge in [-0.15, -0.1) is 11.6 Å². The van der Waals surface area contributed by atoms with Crippen LogP contribution in [0.4, 0.5) is 0 Å². The predicted molar refractivity (Wildman–Crippen MR) is 58.1 cm³/mol. The Kier molecular flexibility index (Phi) is 2.98. The van der Waals surface area contributed by atoms with Gasteiger partial charge in [0.25, 0.3) is 0 Å². The maximum Gasteiger partial charge on any atom is 0.0575 e. The van der Waals surface area contributed by atoms with E-state index < -0.39 is 5.18 Å². The van der Waals surface area contributed by atoms with Crippen molar-refractivity contribution in [3.05, 3.63) is 35.9 Å². The quantitative estimate of drug-likeness (QED) is 0.593. The molecule has 0 saturated carbocycles. The van der Waals surface area contributed by atoms with Crippen molar-refractivity contribution in [3.63, 3.8) is 0 Å². The van der Waals surface area contributed by atoms with Crippen LogP contribution in [-0.4, -0.2) is 24.2 Å². The highest BCUT2D eigenvalue weighted by molar-refractivity contribution is 6.22. The molecule has 3 nitrogen and oxygen atoms in total. The van der Waals surface area contributed by atoms with E-state index in [-0.39, 0.29) is 6.17 Å². The van der Waals surface area contributed by atoms with Gasteiger partial charge in [0.2, 0.25) is 0 Å². The zero-order valence-electron chi connectivity index (χ0n) is 8.61. The van der Waals surface area contributed by atoms with Crippen LogP contribution in [0.1, 0.15) is 12.5 Å². The van der Waals surface area contributed by atoms with E-state index in [0.29, 0.717) is 12.1 Å². The van der Waals surface area contributed by atoms with Gasteiger partial charge in [0.15, 0.2) is 0 Å². The van der Waals surface area contributed by atoms with Gasteiger partial charge in [-0.25, -0.2) is 0 Å². The molecule has 0 spiro atoms. The molecule has 1 aliphatic rings. The fourth-order valence-electron chi connectivity index (χ4n) is 1.90. The molecule has 0 aromatic heterocycles. The van der Waals surface area contributed by atoms with Crippen molar-refractivity contribution < 1.29 is 5.11 Å². The van der Waals surface area contributed by atoms with Gasteiger partial charge < -0.3 is 10.4 Å². The predicted octanol–water partition coefficient (Wildman–Crippen LogP) is 0.647. The summed E-state index contributed by atoms with van der Waals surface area (Å²) in [6, 6.07) is 9.08. The Labute approximate surface area is 94.7 Å². The number of rotatable bonds is 2. The highest BCUT2D eigenvalue weighted by atomic mass is 35.5. The molecule has 0 radical (unpaired) electrons. The summed E-state index contributed by atoms with van der Waals surface area (Å²) in [6.07, 6.45) is 0.0280. The molecule has 82 valence electrons. The SMILES string of the molecule is CC1NCCN1C([O-])(Cl)c1ccccc1. The number of alkyl halides is 1. The van der Waals surface area contributed by atoms with Crippen LogP contribution in [0.3, 0.4) is 0 Å². The van der Waals surface area contributed by atoms with Crippen LogP contribution in [0.5, 0.6) is 0 Å². The van der Waals surface area contributed by atoms with E-state index >= 15 is 0 Å². The summed E-state index contributed by atoms with van der Waals surface area (Å²) in [6.45, 7) is 3.44. The van der Waals surface area contributed by atoms with Crippen LogP contribution < -0.4 is 10.4 Å². The van der Waals surface area contributed by atoms with Gasteiger partial charge in [0.1, 0.15) is 0 Å². The third kappa shape index (κ3) is 2.01. The summed E-state index contributed by atoms with van der Waals surface area (Å²) in [5.41, 5.74) is 0.599. The van der Waals surface area contributed by atoms with Crippen molar-refractivity contribution in [1.29, 1.82) is 0 Å². The average Bonchev–Trinajstić information content (AvgIpc) is 2.66. The van der Waals surface area contributed by atoms with Crippen LogP contribution in [-0.2, 0) is 5.18 Å². The summed E-state index contributed by atoms with van der Waals surface area (Å²) in [7, 11) is 0. The van der Waals surface area contributed by atoms with Crippen LogP contribution in [0.15, 0.2) is 30.3 Å². The molecule has 1 saturated heterocycles. The first-order valence-electron chi connectivity index (χ1n) is 5.07. The first-order chi connectivity index (χ1) is 7.12. The topological polar surface area (TPSA) is 38.3 Å². The lowest BCUT2D eigenvalue weighted by Crippen LogP contribution is -2.54.